The molecule has 0 amide bonds. The molecule has 1 aliphatic rings. The molecule has 2 aromatic heterocycles. The molecule has 29 heavy (non-hydrogen) atoms. The fourth-order valence-electron chi connectivity index (χ4n) is 3.50. The summed E-state index contributed by atoms with van der Waals surface area (Å²) in [7, 11) is 1.53. The van der Waals surface area contributed by atoms with Crippen LogP contribution in [-0.4, -0.2) is 38.4 Å². The van der Waals surface area contributed by atoms with Gasteiger partial charge >= 0.3 is 0 Å². The van der Waals surface area contributed by atoms with E-state index in [9.17, 15) is 14.9 Å². The van der Waals surface area contributed by atoms with Crippen molar-refractivity contribution in [2.45, 2.75) is 19.5 Å². The Labute approximate surface area is 166 Å². The van der Waals surface area contributed by atoms with Gasteiger partial charge in [0.1, 0.15) is 11.6 Å². The fourth-order valence-corrected chi connectivity index (χ4v) is 3.50. The Morgan fingerprint density at radius 3 is 2.93 bits per heavy atom. The van der Waals surface area contributed by atoms with Crippen LogP contribution in [-0.2, 0) is 19.5 Å². The molecule has 148 valence electrons. The number of aromatic nitrogens is 3. The van der Waals surface area contributed by atoms with Gasteiger partial charge in [0, 0.05) is 61.7 Å². The summed E-state index contributed by atoms with van der Waals surface area (Å²) in [5.41, 5.74) is 2.70. The first-order chi connectivity index (χ1) is 14.0. The normalized spacial score (nSPS) is 13.7. The van der Waals surface area contributed by atoms with Gasteiger partial charge in [0.15, 0.2) is 0 Å². The molecule has 0 radical (unpaired) electrons. The Hall–Kier alpha value is -3.59. The van der Waals surface area contributed by atoms with Crippen molar-refractivity contribution in [1.29, 1.82) is 0 Å². The Balaban J connectivity index is 1.59. The van der Waals surface area contributed by atoms with Crippen molar-refractivity contribution in [2.75, 3.05) is 13.7 Å². The highest BCUT2D eigenvalue weighted by Crippen LogP contribution is 2.27. The molecular formula is C20H19N5O4. The second kappa shape index (κ2) is 7.80. The van der Waals surface area contributed by atoms with E-state index >= 15 is 0 Å². The maximum absolute atomic E-state index is 12.7. The van der Waals surface area contributed by atoms with Crippen LogP contribution in [0.15, 0.2) is 47.5 Å². The summed E-state index contributed by atoms with van der Waals surface area (Å²) in [6, 6.07) is 8.18. The summed E-state index contributed by atoms with van der Waals surface area (Å²) >= 11 is 0. The van der Waals surface area contributed by atoms with Gasteiger partial charge in [0.05, 0.1) is 23.3 Å². The van der Waals surface area contributed by atoms with E-state index in [4.69, 9.17) is 4.74 Å². The van der Waals surface area contributed by atoms with Gasteiger partial charge in [-0.25, -0.2) is 4.98 Å². The largest absolute Gasteiger partial charge is 0.496 e. The zero-order valence-corrected chi connectivity index (χ0v) is 15.8. The number of methoxy groups -OCH3 is 1. The molecule has 0 atom stereocenters. The Morgan fingerprint density at radius 2 is 2.21 bits per heavy atom. The standard InChI is InChI=1S/C20H19N5O4/c1-29-18-5-4-15(25(27)28)9-14(18)11-24-8-6-17-16(12-24)20(26)23-19(22-17)13-3-2-7-21-10-13/h2-5,7,9-10H,6,8,11-12H2,1H3,(H,22,23,26). The molecule has 0 aliphatic carbocycles. The Morgan fingerprint density at radius 1 is 1.34 bits per heavy atom. The van der Waals surface area contributed by atoms with Crippen LogP contribution in [0.4, 0.5) is 5.69 Å². The summed E-state index contributed by atoms with van der Waals surface area (Å²) in [5.74, 6) is 1.09. The molecule has 1 N–H and O–H groups in total. The minimum Gasteiger partial charge on any atom is -0.496 e. The number of non-ortho nitro benzene ring substituents is 1. The lowest BCUT2D eigenvalue weighted by Crippen LogP contribution is -2.35. The molecule has 0 spiro atoms. The van der Waals surface area contributed by atoms with Gasteiger partial charge in [-0.1, -0.05) is 0 Å². The third kappa shape index (κ3) is 3.85. The van der Waals surface area contributed by atoms with Crippen molar-refractivity contribution in [1.82, 2.24) is 19.9 Å². The van der Waals surface area contributed by atoms with E-state index in [1.807, 2.05) is 6.07 Å². The minimum atomic E-state index is -0.428. The highest BCUT2D eigenvalue weighted by Gasteiger charge is 2.23. The second-order valence-corrected chi connectivity index (χ2v) is 6.80. The lowest BCUT2D eigenvalue weighted by molar-refractivity contribution is -0.385. The lowest BCUT2D eigenvalue weighted by atomic mass is 10.0. The SMILES string of the molecule is COc1ccc([N+](=O)[O-])cc1CN1CCc2nc(-c3cccnc3)[nH]c(=O)c2C1. The highest BCUT2D eigenvalue weighted by molar-refractivity contribution is 5.53. The number of nitro benzene ring substituents is 1. The first kappa shape index (κ1) is 18.8. The number of nitrogens with zero attached hydrogens (tertiary/aromatic N) is 4. The number of nitro groups is 1. The Bertz CT molecular complexity index is 1110. The maximum Gasteiger partial charge on any atom is 0.270 e. The van der Waals surface area contributed by atoms with Gasteiger partial charge in [-0.3, -0.25) is 24.8 Å². The van der Waals surface area contributed by atoms with Crippen LogP contribution in [0.3, 0.4) is 0 Å². The third-order valence-corrected chi connectivity index (χ3v) is 4.95. The van der Waals surface area contributed by atoms with Crippen LogP contribution in [0.1, 0.15) is 16.8 Å². The van der Waals surface area contributed by atoms with Crippen LogP contribution in [0.5, 0.6) is 5.75 Å². The number of fused-ring (bicyclic) bond motifs is 1. The third-order valence-electron chi connectivity index (χ3n) is 4.95. The molecule has 3 aromatic rings. The van der Waals surface area contributed by atoms with Crippen LogP contribution in [0.25, 0.3) is 11.4 Å². The molecule has 1 aromatic carbocycles. The number of nitrogens with one attached hydrogen (secondary N) is 1. The van der Waals surface area contributed by atoms with E-state index in [2.05, 4.69) is 19.9 Å². The molecule has 0 saturated carbocycles. The van der Waals surface area contributed by atoms with E-state index in [1.165, 1.54) is 19.2 Å². The molecule has 1 aliphatic heterocycles. The molecule has 4 rings (SSSR count). The number of hydrogen-bond acceptors (Lipinski definition) is 7. The molecule has 0 unspecified atom stereocenters. The van der Waals surface area contributed by atoms with Crippen molar-refractivity contribution < 1.29 is 9.66 Å². The Kier molecular flexibility index (Phi) is 5.05. The first-order valence-corrected chi connectivity index (χ1v) is 9.11. The average molecular weight is 393 g/mol. The van der Waals surface area contributed by atoms with Crippen molar-refractivity contribution in [3.8, 4) is 17.1 Å². The average Bonchev–Trinajstić information content (AvgIpc) is 2.74. The summed E-state index contributed by atoms with van der Waals surface area (Å²) in [6.45, 7) is 1.53. The van der Waals surface area contributed by atoms with Crippen molar-refractivity contribution >= 4 is 5.69 Å². The summed E-state index contributed by atoms with van der Waals surface area (Å²) in [4.78, 5) is 36.9. The zero-order valence-electron chi connectivity index (χ0n) is 15.8. The van der Waals surface area contributed by atoms with E-state index in [-0.39, 0.29) is 11.2 Å². The molecular weight excluding hydrogens is 374 g/mol. The van der Waals surface area contributed by atoms with E-state index in [1.54, 1.807) is 24.5 Å². The van der Waals surface area contributed by atoms with Gasteiger partial charge in [-0.05, 0) is 18.2 Å². The number of ether oxygens (including phenoxy) is 1. The molecule has 3 heterocycles. The topological polar surface area (TPSA) is 114 Å². The van der Waals surface area contributed by atoms with Crippen LogP contribution >= 0.6 is 0 Å². The highest BCUT2D eigenvalue weighted by atomic mass is 16.6. The smallest absolute Gasteiger partial charge is 0.270 e. The molecule has 0 saturated heterocycles. The zero-order chi connectivity index (χ0) is 20.4. The van der Waals surface area contributed by atoms with Gasteiger partial charge in [0.25, 0.3) is 11.2 Å². The number of pyridine rings is 1. The van der Waals surface area contributed by atoms with E-state index in [0.717, 1.165) is 11.3 Å². The molecule has 9 heteroatoms. The fraction of sp³-hybridized carbons (Fsp3) is 0.250. The number of rotatable bonds is 5. The second-order valence-electron chi connectivity index (χ2n) is 6.80. The van der Waals surface area contributed by atoms with Gasteiger partial charge < -0.3 is 9.72 Å². The van der Waals surface area contributed by atoms with Gasteiger partial charge in [-0.15, -0.1) is 0 Å². The predicted molar refractivity (Wildman–Crippen MR) is 106 cm³/mol. The quantitative estimate of drug-likeness (QED) is 0.522. The van der Waals surface area contributed by atoms with Crippen molar-refractivity contribution in [3.05, 3.63) is 80.0 Å². The maximum atomic E-state index is 12.7. The molecule has 0 bridgehead atoms. The van der Waals surface area contributed by atoms with Gasteiger partial charge in [0.2, 0.25) is 0 Å². The monoisotopic (exact) mass is 393 g/mol. The summed E-state index contributed by atoms with van der Waals surface area (Å²) in [6.07, 6.45) is 3.94. The van der Waals surface area contributed by atoms with Crippen LogP contribution in [0, 0.1) is 10.1 Å². The van der Waals surface area contributed by atoms with Crippen LogP contribution < -0.4 is 10.3 Å². The van der Waals surface area contributed by atoms with E-state index < -0.39 is 4.92 Å². The van der Waals surface area contributed by atoms with Gasteiger partial charge in [-0.2, -0.15) is 0 Å². The summed E-state index contributed by atoms with van der Waals surface area (Å²) < 4.78 is 5.34. The molecule has 9 nitrogen and oxygen atoms in total. The number of benzene rings is 1. The van der Waals surface area contributed by atoms with Crippen molar-refractivity contribution in [3.63, 3.8) is 0 Å². The first-order valence-electron chi connectivity index (χ1n) is 9.11. The van der Waals surface area contributed by atoms with E-state index in [0.29, 0.717) is 48.8 Å². The van der Waals surface area contributed by atoms with Crippen molar-refractivity contribution in [2.24, 2.45) is 0 Å². The lowest BCUT2D eigenvalue weighted by Gasteiger charge is -2.28. The number of H-pyrrole nitrogens is 1. The predicted octanol–water partition coefficient (Wildman–Crippen LogP) is 2.31. The number of aromatic amines is 1. The minimum absolute atomic E-state index is 0.0128. The summed E-state index contributed by atoms with van der Waals surface area (Å²) in [5, 5.41) is 11.1. The molecule has 0 fully saturated rings. The number of hydrogen-bond donors (Lipinski definition) is 1. The van der Waals surface area contributed by atoms with Crippen LogP contribution in [0.2, 0.25) is 0 Å².